The molecule has 0 N–H and O–H groups in total. The van der Waals surface area contributed by atoms with Gasteiger partial charge in [-0.05, 0) is 44.0 Å². The van der Waals surface area contributed by atoms with Gasteiger partial charge in [0.15, 0.2) is 11.5 Å². The smallest absolute Gasteiger partial charge is 0.283 e. The molecule has 5 heterocycles. The van der Waals surface area contributed by atoms with Gasteiger partial charge in [0.05, 0.1) is 42.0 Å². The molecule has 11 nitrogen and oxygen atoms in total. The second-order valence-corrected chi connectivity index (χ2v) is 12.1. The van der Waals surface area contributed by atoms with Crippen LogP contribution in [0.3, 0.4) is 0 Å². The largest absolute Gasteiger partial charge is 0.496 e. The van der Waals surface area contributed by atoms with Crippen LogP contribution in [0.2, 0.25) is 0 Å². The van der Waals surface area contributed by atoms with Crippen LogP contribution in [0.1, 0.15) is 38.1 Å². The molecule has 0 aliphatic carbocycles. The molecule has 1 aromatic carbocycles. The lowest BCUT2D eigenvalue weighted by atomic mass is 9.98. The predicted octanol–water partition coefficient (Wildman–Crippen LogP) is 4.07. The Morgan fingerprint density at radius 2 is 1.83 bits per heavy atom. The Bertz CT molecular complexity index is 2020. The van der Waals surface area contributed by atoms with Gasteiger partial charge in [-0.25, -0.2) is 13.8 Å². The number of ether oxygens (including phenoxy) is 1. The summed E-state index contributed by atoms with van der Waals surface area (Å²) in [5, 5.41) is 4.91. The normalized spacial score (nSPS) is 17.9. The molecule has 240 valence electrons. The van der Waals surface area contributed by atoms with Crippen LogP contribution in [0.5, 0.6) is 5.75 Å². The van der Waals surface area contributed by atoms with E-state index in [-0.39, 0.29) is 64.7 Å². The minimum Gasteiger partial charge on any atom is -0.496 e. The minimum absolute atomic E-state index is 0.0405. The van der Waals surface area contributed by atoms with Crippen LogP contribution in [-0.2, 0) is 16.6 Å². The quantitative estimate of drug-likeness (QED) is 0.306. The monoisotopic (exact) mass is 631 g/mol. The summed E-state index contributed by atoms with van der Waals surface area (Å²) >= 11 is 0. The van der Waals surface area contributed by atoms with E-state index in [9.17, 15) is 14.4 Å². The van der Waals surface area contributed by atoms with Gasteiger partial charge < -0.3 is 19.4 Å². The number of benzene rings is 1. The highest BCUT2D eigenvalue weighted by molar-refractivity contribution is 6.12. The van der Waals surface area contributed by atoms with Gasteiger partial charge in [0.1, 0.15) is 29.0 Å². The number of hydrogen-bond acceptors (Lipinski definition) is 7. The van der Waals surface area contributed by atoms with E-state index in [0.717, 1.165) is 0 Å². The van der Waals surface area contributed by atoms with Gasteiger partial charge in [-0.3, -0.25) is 23.6 Å². The Morgan fingerprint density at radius 3 is 2.48 bits per heavy atom. The Labute approximate surface area is 264 Å². The first-order valence-corrected chi connectivity index (χ1v) is 14.9. The van der Waals surface area contributed by atoms with Crippen molar-refractivity contribution >= 4 is 34.2 Å². The second-order valence-electron chi connectivity index (χ2n) is 12.1. The number of anilines is 2. The number of nitrogens with zero attached hydrogens (tertiary/aromatic N) is 7. The molecule has 13 heteroatoms. The Balaban J connectivity index is 1.76. The van der Waals surface area contributed by atoms with E-state index in [1.54, 1.807) is 28.5 Å². The molecule has 46 heavy (non-hydrogen) atoms. The molecule has 3 aromatic heterocycles. The second kappa shape index (κ2) is 11.1. The summed E-state index contributed by atoms with van der Waals surface area (Å²) in [6.07, 6.45) is 1.20. The fraction of sp³-hybridized carbons (Fsp3) is 0.364. The molecule has 4 aromatic rings. The van der Waals surface area contributed by atoms with Gasteiger partial charge in [0.25, 0.3) is 11.5 Å². The lowest BCUT2D eigenvalue weighted by Gasteiger charge is -2.49. The number of piperazine rings is 1. The maximum atomic E-state index is 16.3. The molecule has 2 aliphatic heterocycles. The number of pyridine rings is 2. The molecule has 1 fully saturated rings. The van der Waals surface area contributed by atoms with Gasteiger partial charge in [-0.15, -0.1) is 0 Å². The van der Waals surface area contributed by atoms with Crippen molar-refractivity contribution in [1.29, 1.82) is 0 Å². The van der Waals surface area contributed by atoms with Gasteiger partial charge in [0, 0.05) is 32.1 Å². The van der Waals surface area contributed by atoms with Crippen molar-refractivity contribution in [1.82, 2.24) is 24.2 Å². The van der Waals surface area contributed by atoms with Crippen LogP contribution in [0.25, 0.3) is 28.0 Å². The molecule has 0 saturated carbocycles. The van der Waals surface area contributed by atoms with Gasteiger partial charge in [0.2, 0.25) is 5.91 Å². The number of aromatic nitrogens is 4. The topological polar surface area (TPSA) is 106 Å². The molecule has 0 unspecified atom stereocenters. The number of likely N-dealkylation sites (N-methyl/N-ethyl adjacent to an activating group) is 1. The van der Waals surface area contributed by atoms with E-state index >= 15 is 8.78 Å². The van der Waals surface area contributed by atoms with Crippen LogP contribution in [0.15, 0.2) is 41.7 Å². The Morgan fingerprint density at radius 1 is 1.11 bits per heavy atom. The van der Waals surface area contributed by atoms with Crippen LogP contribution in [0, 0.1) is 18.6 Å². The Kier molecular flexibility index (Phi) is 7.45. The van der Waals surface area contributed by atoms with Gasteiger partial charge in [-0.1, -0.05) is 26.5 Å². The molecule has 0 spiro atoms. The first-order chi connectivity index (χ1) is 21.8. The molecular weight excluding hydrogens is 596 g/mol. The van der Waals surface area contributed by atoms with Crippen molar-refractivity contribution in [3.63, 3.8) is 0 Å². The van der Waals surface area contributed by atoms with Crippen LogP contribution < -0.4 is 20.1 Å². The van der Waals surface area contributed by atoms with Crippen molar-refractivity contribution in [2.24, 2.45) is 7.05 Å². The number of methoxy groups -OCH3 is 1. The summed E-state index contributed by atoms with van der Waals surface area (Å²) < 4.78 is 40.1. The third-order valence-corrected chi connectivity index (χ3v) is 9.02. The molecular formula is C33H35F2N7O4. The predicted molar refractivity (Wildman–Crippen MR) is 171 cm³/mol. The summed E-state index contributed by atoms with van der Waals surface area (Å²) in [5.74, 6) is -2.37. The average molecular weight is 632 g/mol. The van der Waals surface area contributed by atoms with E-state index in [0.29, 0.717) is 22.8 Å². The van der Waals surface area contributed by atoms with E-state index in [1.165, 1.54) is 54.0 Å². The maximum Gasteiger partial charge on any atom is 0.283 e. The van der Waals surface area contributed by atoms with Gasteiger partial charge in [-0.2, -0.15) is 5.10 Å². The summed E-state index contributed by atoms with van der Waals surface area (Å²) in [7, 11) is 4.60. The van der Waals surface area contributed by atoms with Crippen molar-refractivity contribution in [3.8, 4) is 22.7 Å². The van der Waals surface area contributed by atoms with Crippen molar-refractivity contribution in [2.45, 2.75) is 45.7 Å². The zero-order valence-electron chi connectivity index (χ0n) is 26.8. The van der Waals surface area contributed by atoms with Crippen molar-refractivity contribution < 1.29 is 23.1 Å². The number of amides is 2. The average Bonchev–Trinajstić information content (AvgIpc) is 3.32. The van der Waals surface area contributed by atoms with Crippen LogP contribution in [-0.4, -0.2) is 75.4 Å². The molecule has 0 radical (unpaired) electrons. The number of carbonyl (C=O) groups is 2. The van der Waals surface area contributed by atoms with Crippen molar-refractivity contribution in [2.75, 3.05) is 37.0 Å². The molecule has 2 amide bonds. The third-order valence-electron chi connectivity index (χ3n) is 9.02. The number of fused-ring (bicyclic) bond motifs is 5. The first kappa shape index (κ1) is 30.9. The zero-order valence-corrected chi connectivity index (χ0v) is 26.8. The highest BCUT2D eigenvalue weighted by Crippen LogP contribution is 2.44. The van der Waals surface area contributed by atoms with E-state index in [1.807, 2.05) is 20.8 Å². The summed E-state index contributed by atoms with van der Waals surface area (Å²) in [5.41, 5.74) is 0.979. The van der Waals surface area contributed by atoms with E-state index < -0.39 is 29.1 Å². The first-order valence-electron chi connectivity index (χ1n) is 14.9. The third kappa shape index (κ3) is 4.39. The lowest BCUT2D eigenvalue weighted by Crippen LogP contribution is -2.66. The lowest BCUT2D eigenvalue weighted by molar-refractivity contribution is -0.130. The highest BCUT2D eigenvalue weighted by Gasteiger charge is 2.46. The number of carbonyl (C=O) groups excluding carboxylic acids is 2. The van der Waals surface area contributed by atoms with Crippen LogP contribution >= 0.6 is 0 Å². The van der Waals surface area contributed by atoms with Crippen LogP contribution in [0.4, 0.5) is 20.2 Å². The van der Waals surface area contributed by atoms with E-state index in [4.69, 9.17) is 9.72 Å². The number of rotatable bonds is 5. The fourth-order valence-corrected chi connectivity index (χ4v) is 6.61. The highest BCUT2D eigenvalue weighted by atomic mass is 19.1. The maximum absolute atomic E-state index is 16.3. The Hall–Kier alpha value is -5.07. The number of aryl methyl sites for hydroxylation is 1. The molecule has 2 aliphatic rings. The standard InChI is InChI=1S/C33H35F2N7O4/c1-9-24(43)40-15-22-32(44)38(6)30-29(41(22)14-17(40)4)19-13-21(35)27(25-20(34)11-10-12-23(25)46-8)36-31(19)42(33(30)45)28-18(5)39(7)37-26(28)16(2)3/h9-13,16-17,22H,1,14-15H2,2-8H3/t17-,22-/m1/s1. The zero-order chi connectivity index (χ0) is 33.4. The summed E-state index contributed by atoms with van der Waals surface area (Å²) in [6.45, 7) is 11.3. The van der Waals surface area contributed by atoms with Gasteiger partial charge >= 0.3 is 0 Å². The SMILES string of the molecule is C=CC(=O)N1C[C@@H]2C(=O)N(C)c3c(c4cc(F)c(-c5c(F)cccc5OC)nc4n(-c4c(C(C)C)nn(C)c4C)c3=O)N2C[C@H]1C. The number of hydrogen-bond donors (Lipinski definition) is 0. The van der Waals surface area contributed by atoms with E-state index in [2.05, 4.69) is 11.7 Å². The molecule has 1 saturated heterocycles. The molecule has 6 rings (SSSR count). The fourth-order valence-electron chi connectivity index (χ4n) is 6.61. The summed E-state index contributed by atoms with van der Waals surface area (Å²) in [4.78, 5) is 50.7. The summed E-state index contributed by atoms with van der Waals surface area (Å²) in [6, 6.07) is 4.14. The molecule has 0 bridgehead atoms. The number of halogens is 2. The van der Waals surface area contributed by atoms with Crippen molar-refractivity contribution in [3.05, 3.63) is 70.3 Å². The molecule has 2 atom stereocenters. The minimum atomic E-state index is -0.850.